The smallest absolute Gasteiger partial charge is 0.166 e. The fraction of sp³-hybridized carbons (Fsp3) is 0.222. The van der Waals surface area contributed by atoms with Gasteiger partial charge in [-0.2, -0.15) is 0 Å². The number of ketones is 1. The van der Waals surface area contributed by atoms with Gasteiger partial charge in [0, 0.05) is 31.3 Å². The number of carbonyl (C=O) groups is 1. The Hall–Kier alpha value is -2.27. The predicted octanol–water partition coefficient (Wildman–Crippen LogP) is 3.88. The SMILES string of the molecule is CN1CCC(=O)c2cccc(CSc3nc4ccccc4[nH]3)c21. The summed E-state index contributed by atoms with van der Waals surface area (Å²) in [5.41, 5.74) is 5.15. The van der Waals surface area contributed by atoms with Crippen LogP contribution in [0.5, 0.6) is 0 Å². The molecule has 1 aromatic heterocycles. The molecule has 0 atom stereocenters. The molecule has 1 N–H and O–H groups in total. The van der Waals surface area contributed by atoms with Gasteiger partial charge in [0.05, 0.1) is 16.7 Å². The Bertz CT molecular complexity index is 854. The first-order valence-corrected chi connectivity index (χ1v) is 8.65. The zero-order valence-corrected chi connectivity index (χ0v) is 13.7. The van der Waals surface area contributed by atoms with Crippen LogP contribution >= 0.6 is 11.8 Å². The highest BCUT2D eigenvalue weighted by molar-refractivity contribution is 7.98. The van der Waals surface area contributed by atoms with Gasteiger partial charge in [0.2, 0.25) is 0 Å². The summed E-state index contributed by atoms with van der Waals surface area (Å²) in [5, 5.41) is 0.911. The first-order chi connectivity index (χ1) is 11.2. The van der Waals surface area contributed by atoms with Gasteiger partial charge in [-0.3, -0.25) is 4.79 Å². The van der Waals surface area contributed by atoms with Crippen molar-refractivity contribution in [2.75, 3.05) is 18.5 Å². The number of benzene rings is 2. The molecule has 0 fully saturated rings. The predicted molar refractivity (Wildman–Crippen MR) is 94.3 cm³/mol. The molecule has 4 nitrogen and oxygen atoms in total. The number of para-hydroxylation sites is 3. The molecule has 1 aliphatic rings. The van der Waals surface area contributed by atoms with Gasteiger partial charge in [0.25, 0.3) is 0 Å². The maximum Gasteiger partial charge on any atom is 0.166 e. The molecule has 0 aliphatic carbocycles. The minimum absolute atomic E-state index is 0.244. The van der Waals surface area contributed by atoms with Crippen molar-refractivity contribution < 1.29 is 4.79 Å². The summed E-state index contributed by atoms with van der Waals surface area (Å²) in [7, 11) is 2.06. The number of fused-ring (bicyclic) bond motifs is 2. The van der Waals surface area contributed by atoms with Crippen LogP contribution in [0.15, 0.2) is 47.6 Å². The van der Waals surface area contributed by atoms with Crippen LogP contribution in [0, 0.1) is 0 Å². The Kier molecular flexibility index (Phi) is 3.58. The Morgan fingerprint density at radius 1 is 1.22 bits per heavy atom. The largest absolute Gasteiger partial charge is 0.373 e. The molecule has 116 valence electrons. The number of aromatic amines is 1. The van der Waals surface area contributed by atoms with Gasteiger partial charge in [-0.1, -0.05) is 36.0 Å². The van der Waals surface area contributed by atoms with E-state index >= 15 is 0 Å². The minimum atomic E-state index is 0.244. The molecule has 0 spiro atoms. The summed E-state index contributed by atoms with van der Waals surface area (Å²) in [4.78, 5) is 22.2. The molecule has 0 unspecified atom stereocenters. The van der Waals surface area contributed by atoms with E-state index in [1.54, 1.807) is 11.8 Å². The van der Waals surface area contributed by atoms with Crippen LogP contribution in [-0.2, 0) is 5.75 Å². The molecule has 2 heterocycles. The molecule has 1 aliphatic heterocycles. The summed E-state index contributed by atoms with van der Waals surface area (Å²) in [5.74, 6) is 1.04. The average molecular weight is 323 g/mol. The van der Waals surface area contributed by atoms with E-state index in [9.17, 15) is 4.79 Å². The van der Waals surface area contributed by atoms with Crippen LogP contribution in [0.3, 0.4) is 0 Å². The molecule has 0 radical (unpaired) electrons. The normalized spacial score (nSPS) is 14.3. The van der Waals surface area contributed by atoms with Gasteiger partial charge < -0.3 is 9.88 Å². The molecule has 3 aromatic rings. The zero-order valence-electron chi connectivity index (χ0n) is 12.9. The van der Waals surface area contributed by atoms with Gasteiger partial charge in [0.1, 0.15) is 0 Å². The molecule has 2 aromatic carbocycles. The van der Waals surface area contributed by atoms with E-state index in [1.807, 2.05) is 36.4 Å². The van der Waals surface area contributed by atoms with E-state index in [-0.39, 0.29) is 5.78 Å². The second-order valence-electron chi connectivity index (χ2n) is 5.76. The van der Waals surface area contributed by atoms with Gasteiger partial charge in [-0.15, -0.1) is 0 Å². The Balaban J connectivity index is 1.62. The Labute approximate surface area is 138 Å². The fourth-order valence-corrected chi connectivity index (χ4v) is 3.91. The molecular weight excluding hydrogens is 306 g/mol. The molecule has 0 saturated heterocycles. The lowest BCUT2D eigenvalue weighted by atomic mass is 9.98. The maximum absolute atomic E-state index is 12.1. The number of hydrogen-bond donors (Lipinski definition) is 1. The number of aromatic nitrogens is 2. The third-order valence-corrected chi connectivity index (χ3v) is 5.13. The van der Waals surface area contributed by atoms with E-state index in [1.165, 1.54) is 5.56 Å². The van der Waals surface area contributed by atoms with Crippen molar-refractivity contribution in [3.05, 3.63) is 53.6 Å². The lowest BCUT2D eigenvalue weighted by molar-refractivity contribution is 0.0980. The van der Waals surface area contributed by atoms with Crippen LogP contribution in [0.1, 0.15) is 22.3 Å². The van der Waals surface area contributed by atoms with Crippen molar-refractivity contribution >= 4 is 34.3 Å². The first kappa shape index (κ1) is 14.3. The number of thioether (sulfide) groups is 1. The van der Waals surface area contributed by atoms with Crippen molar-refractivity contribution in [2.24, 2.45) is 0 Å². The average Bonchev–Trinajstić information content (AvgIpc) is 2.99. The monoisotopic (exact) mass is 323 g/mol. The van der Waals surface area contributed by atoms with Crippen LogP contribution in [0.25, 0.3) is 11.0 Å². The lowest BCUT2D eigenvalue weighted by Gasteiger charge is -2.28. The molecule has 5 heteroatoms. The maximum atomic E-state index is 12.1. The summed E-state index contributed by atoms with van der Waals surface area (Å²) < 4.78 is 0. The highest BCUT2D eigenvalue weighted by Crippen LogP contribution is 2.33. The summed E-state index contributed by atoms with van der Waals surface area (Å²) >= 11 is 1.67. The molecule has 0 saturated carbocycles. The van der Waals surface area contributed by atoms with E-state index in [4.69, 9.17) is 0 Å². The number of anilines is 1. The highest BCUT2D eigenvalue weighted by atomic mass is 32.2. The van der Waals surface area contributed by atoms with Crippen molar-refractivity contribution in [2.45, 2.75) is 17.3 Å². The summed E-state index contributed by atoms with van der Waals surface area (Å²) in [6.07, 6.45) is 0.601. The third-order valence-electron chi connectivity index (χ3n) is 4.21. The van der Waals surface area contributed by atoms with E-state index in [0.717, 1.165) is 39.7 Å². The summed E-state index contributed by atoms with van der Waals surface area (Å²) in [6, 6.07) is 14.0. The topological polar surface area (TPSA) is 49.0 Å². The number of nitrogens with zero attached hydrogens (tertiary/aromatic N) is 2. The minimum Gasteiger partial charge on any atom is -0.373 e. The highest BCUT2D eigenvalue weighted by Gasteiger charge is 2.23. The number of Topliss-reactive ketones (excluding diaryl/α,β-unsaturated/α-hetero) is 1. The van der Waals surface area contributed by atoms with Crippen LogP contribution in [-0.4, -0.2) is 29.3 Å². The number of hydrogen-bond acceptors (Lipinski definition) is 4. The second-order valence-corrected chi connectivity index (χ2v) is 6.72. The zero-order chi connectivity index (χ0) is 15.8. The number of imidazole rings is 1. The third kappa shape index (κ3) is 2.61. The number of nitrogens with one attached hydrogen (secondary N) is 1. The molecule has 4 rings (SSSR count). The Morgan fingerprint density at radius 2 is 2.09 bits per heavy atom. The van der Waals surface area contributed by atoms with Gasteiger partial charge in [0.15, 0.2) is 10.9 Å². The van der Waals surface area contributed by atoms with E-state index < -0.39 is 0 Å². The van der Waals surface area contributed by atoms with Crippen LogP contribution < -0.4 is 4.90 Å². The van der Waals surface area contributed by atoms with Crippen LogP contribution in [0.4, 0.5) is 5.69 Å². The van der Waals surface area contributed by atoms with Gasteiger partial charge >= 0.3 is 0 Å². The molecule has 0 amide bonds. The summed E-state index contributed by atoms with van der Waals surface area (Å²) in [6.45, 7) is 0.790. The number of H-pyrrole nitrogens is 1. The van der Waals surface area contributed by atoms with E-state index in [0.29, 0.717) is 6.42 Å². The fourth-order valence-electron chi connectivity index (χ4n) is 3.04. The molecule has 0 bridgehead atoms. The number of rotatable bonds is 3. The first-order valence-electron chi connectivity index (χ1n) is 7.66. The molecular formula is C18H17N3OS. The van der Waals surface area contributed by atoms with Crippen LogP contribution in [0.2, 0.25) is 0 Å². The van der Waals surface area contributed by atoms with E-state index in [2.05, 4.69) is 28.0 Å². The van der Waals surface area contributed by atoms with Gasteiger partial charge in [-0.25, -0.2) is 4.98 Å². The van der Waals surface area contributed by atoms with Crippen molar-refractivity contribution in [1.82, 2.24) is 9.97 Å². The quantitative estimate of drug-likeness (QED) is 0.743. The second kappa shape index (κ2) is 5.74. The number of carbonyl (C=O) groups excluding carboxylic acids is 1. The van der Waals surface area contributed by atoms with Crippen molar-refractivity contribution in [1.29, 1.82) is 0 Å². The standard InChI is InChI=1S/C18H17N3OS/c1-21-10-9-16(22)13-6-4-5-12(17(13)21)11-23-18-19-14-7-2-3-8-15(14)20-18/h2-8H,9-11H2,1H3,(H,19,20). The lowest BCUT2D eigenvalue weighted by Crippen LogP contribution is -2.29. The molecule has 23 heavy (non-hydrogen) atoms. The van der Waals surface area contributed by atoms with Crippen molar-refractivity contribution in [3.63, 3.8) is 0 Å². The van der Waals surface area contributed by atoms with Gasteiger partial charge in [-0.05, 0) is 23.8 Å². The van der Waals surface area contributed by atoms with Crippen molar-refractivity contribution in [3.8, 4) is 0 Å². The Morgan fingerprint density at radius 3 is 2.96 bits per heavy atom.